The fourth-order valence-corrected chi connectivity index (χ4v) is 2.27. The SMILES string of the molecule is C=N[I-]c1ccnc(Nc2ccc(C#N)cc2)n1. The average molecular weight is 350 g/mol. The molecule has 1 aromatic carbocycles. The molecule has 0 atom stereocenters. The predicted molar refractivity (Wildman–Crippen MR) is 64.7 cm³/mol. The molecule has 1 aromatic heterocycles. The number of hydrogen-bond acceptors (Lipinski definition) is 5. The Morgan fingerprint density at radius 2 is 2.06 bits per heavy atom. The molecular weight excluding hydrogens is 341 g/mol. The van der Waals surface area contributed by atoms with Crippen LogP contribution in [0, 0.1) is 15.0 Å². The molecular formula is C12H9IN5-. The molecule has 6 heteroatoms. The van der Waals surface area contributed by atoms with Crippen LogP contribution in [-0.2, 0) is 0 Å². The van der Waals surface area contributed by atoms with Gasteiger partial charge in [-0.1, -0.05) is 0 Å². The van der Waals surface area contributed by atoms with Gasteiger partial charge in [0.1, 0.15) is 0 Å². The summed E-state index contributed by atoms with van der Waals surface area (Å²) in [6.45, 7) is 3.48. The van der Waals surface area contributed by atoms with Crippen molar-refractivity contribution >= 4 is 18.4 Å². The third-order valence-electron chi connectivity index (χ3n) is 2.04. The summed E-state index contributed by atoms with van der Waals surface area (Å²) in [5.41, 5.74) is 1.47. The van der Waals surface area contributed by atoms with Gasteiger partial charge in [0.05, 0.1) is 0 Å². The molecule has 2 aromatic rings. The zero-order chi connectivity index (χ0) is 12.8. The minimum atomic E-state index is -0.491. The number of anilines is 2. The standard InChI is InChI=1S/C12H9IN5/c1-15-13-11-6-7-16-12(18-11)17-10-4-2-9(8-14)3-5-10/h2-7H,1H2,(H,16,17,18)/q-1. The van der Waals surface area contributed by atoms with Gasteiger partial charge in [0.2, 0.25) is 0 Å². The van der Waals surface area contributed by atoms with Crippen LogP contribution in [0.2, 0.25) is 0 Å². The molecule has 0 saturated heterocycles. The Morgan fingerprint density at radius 1 is 1.28 bits per heavy atom. The summed E-state index contributed by atoms with van der Waals surface area (Å²) in [5.74, 6) is 0.528. The van der Waals surface area contributed by atoms with Crippen molar-refractivity contribution in [2.45, 2.75) is 0 Å². The summed E-state index contributed by atoms with van der Waals surface area (Å²) in [7, 11) is 0. The summed E-state index contributed by atoms with van der Waals surface area (Å²) in [6.07, 6.45) is 1.69. The van der Waals surface area contributed by atoms with Crippen molar-refractivity contribution in [1.29, 1.82) is 5.26 Å². The monoisotopic (exact) mass is 350 g/mol. The third-order valence-corrected chi connectivity index (χ3v) is 3.47. The van der Waals surface area contributed by atoms with Crippen LogP contribution < -0.4 is 26.8 Å². The molecule has 5 nitrogen and oxygen atoms in total. The van der Waals surface area contributed by atoms with E-state index in [4.69, 9.17) is 5.26 Å². The molecule has 0 fully saturated rings. The molecule has 90 valence electrons. The van der Waals surface area contributed by atoms with Gasteiger partial charge in [-0.3, -0.25) is 0 Å². The molecule has 0 amide bonds. The first-order valence-corrected chi connectivity index (χ1v) is 7.06. The van der Waals surface area contributed by atoms with Crippen molar-refractivity contribution in [3.05, 3.63) is 45.8 Å². The first-order valence-electron chi connectivity index (χ1n) is 5.02. The average Bonchev–Trinajstić information content (AvgIpc) is 2.40. The van der Waals surface area contributed by atoms with E-state index in [1.165, 1.54) is 0 Å². The molecule has 2 rings (SSSR count). The van der Waals surface area contributed by atoms with Gasteiger partial charge >= 0.3 is 115 Å². The van der Waals surface area contributed by atoms with E-state index in [1.807, 2.05) is 18.2 Å². The van der Waals surface area contributed by atoms with E-state index < -0.39 is 21.5 Å². The second-order valence-corrected chi connectivity index (χ2v) is 5.49. The van der Waals surface area contributed by atoms with Gasteiger partial charge in [-0.25, -0.2) is 0 Å². The van der Waals surface area contributed by atoms with E-state index in [0.717, 1.165) is 9.39 Å². The van der Waals surface area contributed by atoms with Crippen LogP contribution in [0.1, 0.15) is 5.56 Å². The second kappa shape index (κ2) is 6.07. The number of halogens is 1. The molecule has 0 spiro atoms. The van der Waals surface area contributed by atoms with Crippen molar-refractivity contribution in [2.24, 2.45) is 3.21 Å². The Kier molecular flexibility index (Phi) is 4.20. The normalized spacial score (nSPS) is 9.72. The van der Waals surface area contributed by atoms with Gasteiger partial charge < -0.3 is 0 Å². The molecule has 0 saturated carbocycles. The van der Waals surface area contributed by atoms with Crippen LogP contribution in [0.15, 0.2) is 39.7 Å². The molecule has 0 aliphatic heterocycles. The Morgan fingerprint density at radius 3 is 2.72 bits per heavy atom. The first-order chi connectivity index (χ1) is 8.81. The molecule has 1 N–H and O–H groups in total. The molecule has 18 heavy (non-hydrogen) atoms. The fourth-order valence-electron chi connectivity index (χ4n) is 1.26. The van der Waals surface area contributed by atoms with Gasteiger partial charge in [-0.2, -0.15) is 0 Å². The van der Waals surface area contributed by atoms with Crippen LogP contribution in [0.25, 0.3) is 0 Å². The van der Waals surface area contributed by atoms with E-state index in [1.54, 1.807) is 18.3 Å². The molecule has 1 heterocycles. The van der Waals surface area contributed by atoms with Crippen molar-refractivity contribution in [3.8, 4) is 6.07 Å². The number of nitriles is 1. The van der Waals surface area contributed by atoms with E-state index in [0.29, 0.717) is 11.5 Å². The number of nitrogens with one attached hydrogen (secondary N) is 1. The maximum absolute atomic E-state index is 8.71. The summed E-state index contributed by atoms with van der Waals surface area (Å²) >= 11 is -0.491. The number of benzene rings is 1. The van der Waals surface area contributed by atoms with Gasteiger partial charge in [0, 0.05) is 0 Å². The van der Waals surface area contributed by atoms with Gasteiger partial charge in [-0.15, -0.1) is 0 Å². The molecule has 0 aliphatic carbocycles. The Balaban J connectivity index is 2.15. The zero-order valence-corrected chi connectivity index (χ0v) is 11.5. The molecule has 0 radical (unpaired) electrons. The van der Waals surface area contributed by atoms with Crippen molar-refractivity contribution < 1.29 is 21.5 Å². The van der Waals surface area contributed by atoms with E-state index in [9.17, 15) is 0 Å². The molecule has 0 unspecified atom stereocenters. The van der Waals surface area contributed by atoms with Crippen molar-refractivity contribution in [3.63, 3.8) is 0 Å². The van der Waals surface area contributed by atoms with Crippen LogP contribution in [0.5, 0.6) is 0 Å². The maximum atomic E-state index is 8.71. The Bertz CT molecular complexity index is 588. The van der Waals surface area contributed by atoms with Gasteiger partial charge in [0.25, 0.3) is 0 Å². The van der Waals surface area contributed by atoms with Crippen LogP contribution in [-0.4, -0.2) is 16.7 Å². The number of hydrogen-bond donors (Lipinski definition) is 1. The van der Waals surface area contributed by atoms with Crippen LogP contribution >= 0.6 is 0 Å². The summed E-state index contributed by atoms with van der Waals surface area (Å²) in [5, 5.41) is 11.8. The summed E-state index contributed by atoms with van der Waals surface area (Å²) in [6, 6.07) is 11.0. The van der Waals surface area contributed by atoms with E-state index in [2.05, 4.69) is 31.3 Å². The second-order valence-electron chi connectivity index (χ2n) is 3.22. The molecule has 0 bridgehead atoms. The first kappa shape index (κ1) is 12.4. The number of nitrogens with zero attached hydrogens (tertiary/aromatic N) is 4. The van der Waals surface area contributed by atoms with Crippen molar-refractivity contribution in [2.75, 3.05) is 5.32 Å². The fraction of sp³-hybridized carbons (Fsp3) is 0. The summed E-state index contributed by atoms with van der Waals surface area (Å²) < 4.78 is 4.79. The van der Waals surface area contributed by atoms with Gasteiger partial charge in [-0.05, 0) is 0 Å². The molecule has 0 aliphatic rings. The van der Waals surface area contributed by atoms with Gasteiger partial charge in [0.15, 0.2) is 0 Å². The number of aromatic nitrogens is 2. The van der Waals surface area contributed by atoms with Crippen molar-refractivity contribution in [1.82, 2.24) is 9.97 Å². The van der Waals surface area contributed by atoms with Crippen LogP contribution in [0.4, 0.5) is 11.6 Å². The zero-order valence-electron chi connectivity index (χ0n) is 9.34. The quantitative estimate of drug-likeness (QED) is 0.435. The third kappa shape index (κ3) is 3.24. The van der Waals surface area contributed by atoms with E-state index in [-0.39, 0.29) is 0 Å². The Labute approximate surface area is 115 Å². The Hall–Kier alpha value is -2.01. The number of rotatable bonds is 4. The topological polar surface area (TPSA) is 74.0 Å². The van der Waals surface area contributed by atoms with E-state index >= 15 is 0 Å². The predicted octanol–water partition coefficient (Wildman–Crippen LogP) is -1.03. The summed E-state index contributed by atoms with van der Waals surface area (Å²) in [4.78, 5) is 8.46. The minimum absolute atomic E-state index is 0.491. The van der Waals surface area contributed by atoms with Crippen LogP contribution in [0.3, 0.4) is 0 Å².